The standard InChI is InChI=1S/C15H22N2O/c1-17-12-4-5-13(17)9-15(8-12)18-14-6-2-11(10-16)3-7-14/h2-3,6-7,12-13,15H,4-5,8-10,16H2,1H3. The van der Waals surface area contributed by atoms with Gasteiger partial charge in [0.1, 0.15) is 11.9 Å². The van der Waals surface area contributed by atoms with Crippen LogP contribution in [0.4, 0.5) is 0 Å². The molecule has 2 aliphatic rings. The first-order valence-electron chi connectivity index (χ1n) is 6.94. The molecule has 3 heteroatoms. The Morgan fingerprint density at radius 3 is 2.33 bits per heavy atom. The van der Waals surface area contributed by atoms with Gasteiger partial charge in [-0.25, -0.2) is 0 Å². The van der Waals surface area contributed by atoms with Crippen LogP contribution >= 0.6 is 0 Å². The average Bonchev–Trinajstić information content (AvgIpc) is 2.63. The average molecular weight is 246 g/mol. The van der Waals surface area contributed by atoms with Gasteiger partial charge in [0, 0.05) is 18.6 Å². The van der Waals surface area contributed by atoms with Gasteiger partial charge in [0.2, 0.25) is 0 Å². The van der Waals surface area contributed by atoms with Crippen molar-refractivity contribution in [3.8, 4) is 5.75 Å². The Hall–Kier alpha value is -1.06. The van der Waals surface area contributed by atoms with E-state index in [0.717, 1.165) is 23.4 Å². The molecule has 2 atom stereocenters. The van der Waals surface area contributed by atoms with Crippen molar-refractivity contribution >= 4 is 0 Å². The van der Waals surface area contributed by atoms with Gasteiger partial charge in [-0.1, -0.05) is 12.1 Å². The van der Waals surface area contributed by atoms with Gasteiger partial charge in [-0.3, -0.25) is 0 Å². The molecular formula is C15H22N2O. The molecule has 2 heterocycles. The molecule has 2 bridgehead atoms. The zero-order valence-corrected chi connectivity index (χ0v) is 11.0. The Bertz CT molecular complexity index is 389. The van der Waals surface area contributed by atoms with E-state index in [4.69, 9.17) is 10.5 Å². The molecule has 2 fully saturated rings. The van der Waals surface area contributed by atoms with E-state index in [1.54, 1.807) is 0 Å². The van der Waals surface area contributed by atoms with Crippen LogP contribution < -0.4 is 10.5 Å². The molecular weight excluding hydrogens is 224 g/mol. The van der Waals surface area contributed by atoms with E-state index >= 15 is 0 Å². The first-order valence-corrected chi connectivity index (χ1v) is 6.94. The van der Waals surface area contributed by atoms with E-state index < -0.39 is 0 Å². The topological polar surface area (TPSA) is 38.5 Å². The number of nitrogens with zero attached hydrogens (tertiary/aromatic N) is 1. The third kappa shape index (κ3) is 2.25. The van der Waals surface area contributed by atoms with Crippen LogP contribution in [0.15, 0.2) is 24.3 Å². The predicted molar refractivity (Wildman–Crippen MR) is 72.6 cm³/mol. The number of nitrogens with two attached hydrogens (primary N) is 1. The molecule has 1 aromatic rings. The van der Waals surface area contributed by atoms with Gasteiger partial charge < -0.3 is 15.4 Å². The number of hydrogen-bond acceptors (Lipinski definition) is 3. The van der Waals surface area contributed by atoms with Crippen LogP contribution in [0.2, 0.25) is 0 Å². The first kappa shape index (κ1) is 12.0. The summed E-state index contributed by atoms with van der Waals surface area (Å²) in [6.07, 6.45) is 5.42. The summed E-state index contributed by atoms with van der Waals surface area (Å²) in [6, 6.07) is 9.66. The highest BCUT2D eigenvalue weighted by Crippen LogP contribution is 2.35. The van der Waals surface area contributed by atoms with Crippen molar-refractivity contribution in [1.82, 2.24) is 4.90 Å². The third-order valence-electron chi connectivity index (χ3n) is 4.52. The molecule has 0 aromatic heterocycles. The van der Waals surface area contributed by atoms with Crippen molar-refractivity contribution in [1.29, 1.82) is 0 Å². The fraction of sp³-hybridized carbons (Fsp3) is 0.600. The monoisotopic (exact) mass is 246 g/mol. The summed E-state index contributed by atoms with van der Waals surface area (Å²) in [4.78, 5) is 2.54. The lowest BCUT2D eigenvalue weighted by Crippen LogP contribution is -2.43. The molecule has 18 heavy (non-hydrogen) atoms. The summed E-state index contributed by atoms with van der Waals surface area (Å²) in [5.41, 5.74) is 6.76. The van der Waals surface area contributed by atoms with Gasteiger partial charge in [0.15, 0.2) is 0 Å². The van der Waals surface area contributed by atoms with E-state index in [0.29, 0.717) is 12.6 Å². The second kappa shape index (κ2) is 4.90. The van der Waals surface area contributed by atoms with Crippen molar-refractivity contribution in [2.24, 2.45) is 5.73 Å². The van der Waals surface area contributed by atoms with Crippen molar-refractivity contribution in [3.05, 3.63) is 29.8 Å². The number of piperidine rings is 1. The maximum Gasteiger partial charge on any atom is 0.119 e. The van der Waals surface area contributed by atoms with Crippen molar-refractivity contribution < 1.29 is 4.74 Å². The molecule has 2 unspecified atom stereocenters. The zero-order chi connectivity index (χ0) is 12.5. The lowest BCUT2D eigenvalue weighted by molar-refractivity contribution is 0.0661. The van der Waals surface area contributed by atoms with E-state index in [-0.39, 0.29) is 0 Å². The number of fused-ring (bicyclic) bond motifs is 2. The molecule has 98 valence electrons. The first-order chi connectivity index (χ1) is 8.76. The molecule has 3 nitrogen and oxygen atoms in total. The van der Waals surface area contributed by atoms with Gasteiger partial charge in [-0.2, -0.15) is 0 Å². The zero-order valence-electron chi connectivity index (χ0n) is 11.0. The Morgan fingerprint density at radius 1 is 1.17 bits per heavy atom. The quantitative estimate of drug-likeness (QED) is 0.888. The Kier molecular flexibility index (Phi) is 3.27. The lowest BCUT2D eigenvalue weighted by atomic mass is 10.0. The summed E-state index contributed by atoms with van der Waals surface area (Å²) in [7, 11) is 2.26. The van der Waals surface area contributed by atoms with Crippen LogP contribution in [-0.2, 0) is 6.54 Å². The van der Waals surface area contributed by atoms with E-state index in [1.165, 1.54) is 25.7 Å². The number of ether oxygens (including phenoxy) is 1. The smallest absolute Gasteiger partial charge is 0.119 e. The Balaban J connectivity index is 1.63. The van der Waals surface area contributed by atoms with Crippen molar-refractivity contribution in [2.45, 2.75) is 50.4 Å². The fourth-order valence-electron chi connectivity index (χ4n) is 3.35. The molecule has 0 aliphatic carbocycles. The molecule has 2 aliphatic heterocycles. The van der Waals surface area contributed by atoms with Crippen LogP contribution in [0.3, 0.4) is 0 Å². The van der Waals surface area contributed by atoms with Gasteiger partial charge in [0.05, 0.1) is 0 Å². The van der Waals surface area contributed by atoms with Crippen molar-refractivity contribution in [2.75, 3.05) is 7.05 Å². The molecule has 2 saturated heterocycles. The van der Waals surface area contributed by atoms with E-state index in [2.05, 4.69) is 24.1 Å². The number of hydrogen-bond donors (Lipinski definition) is 1. The minimum Gasteiger partial charge on any atom is -0.490 e. The maximum absolute atomic E-state index is 6.12. The van der Waals surface area contributed by atoms with Crippen LogP contribution in [-0.4, -0.2) is 30.1 Å². The SMILES string of the molecule is CN1C2CCC1CC(Oc1ccc(CN)cc1)C2. The predicted octanol–water partition coefficient (Wildman–Crippen LogP) is 2.15. The normalized spacial score (nSPS) is 31.6. The van der Waals surface area contributed by atoms with E-state index in [9.17, 15) is 0 Å². The summed E-state index contributed by atoms with van der Waals surface area (Å²) in [6.45, 7) is 0.596. The molecule has 0 spiro atoms. The van der Waals surface area contributed by atoms with Gasteiger partial charge >= 0.3 is 0 Å². The third-order valence-corrected chi connectivity index (χ3v) is 4.52. The fourth-order valence-corrected chi connectivity index (χ4v) is 3.35. The van der Waals surface area contributed by atoms with Gasteiger partial charge in [-0.05, 0) is 50.4 Å². The van der Waals surface area contributed by atoms with E-state index in [1.807, 2.05) is 12.1 Å². The minimum absolute atomic E-state index is 0.391. The molecule has 2 N–H and O–H groups in total. The summed E-state index contributed by atoms with van der Waals surface area (Å²) in [5.74, 6) is 0.987. The lowest BCUT2D eigenvalue weighted by Gasteiger charge is -2.36. The van der Waals surface area contributed by atoms with Crippen LogP contribution in [0, 0.1) is 0 Å². The Labute approximate surface area is 109 Å². The molecule has 0 amide bonds. The largest absolute Gasteiger partial charge is 0.490 e. The Morgan fingerprint density at radius 2 is 1.78 bits per heavy atom. The van der Waals surface area contributed by atoms with Crippen molar-refractivity contribution in [3.63, 3.8) is 0 Å². The van der Waals surface area contributed by atoms with Crippen LogP contribution in [0.25, 0.3) is 0 Å². The summed E-state index contributed by atoms with van der Waals surface area (Å²) < 4.78 is 6.12. The number of rotatable bonds is 3. The maximum atomic E-state index is 6.12. The minimum atomic E-state index is 0.391. The van der Waals surface area contributed by atoms with Crippen LogP contribution in [0.1, 0.15) is 31.2 Å². The molecule has 3 rings (SSSR count). The molecule has 1 aromatic carbocycles. The second-order valence-electron chi connectivity index (χ2n) is 5.61. The molecule has 0 radical (unpaired) electrons. The summed E-state index contributed by atoms with van der Waals surface area (Å²) >= 11 is 0. The molecule has 0 saturated carbocycles. The van der Waals surface area contributed by atoms with Crippen LogP contribution in [0.5, 0.6) is 5.75 Å². The highest BCUT2D eigenvalue weighted by molar-refractivity contribution is 5.27. The number of benzene rings is 1. The summed E-state index contributed by atoms with van der Waals surface area (Å²) in [5, 5.41) is 0. The highest BCUT2D eigenvalue weighted by atomic mass is 16.5. The second-order valence-corrected chi connectivity index (χ2v) is 5.61. The van der Waals surface area contributed by atoms with Gasteiger partial charge in [-0.15, -0.1) is 0 Å². The highest BCUT2D eigenvalue weighted by Gasteiger charge is 2.39. The van der Waals surface area contributed by atoms with Gasteiger partial charge in [0.25, 0.3) is 0 Å².